The van der Waals surface area contributed by atoms with E-state index >= 15 is 0 Å². The smallest absolute Gasteiger partial charge is 0.320 e. The number of unbranched alkanes of at least 4 members (excludes halogenated alkanes) is 12. The Morgan fingerprint density at radius 1 is 0.536 bits per heavy atom. The standard InChI is InChI=1S/C24H46O4/c1-4-7-9-11-13-15-17-20-27-23(25)22(19-6-3)24(26)28-21-18-16-14-12-10-8-5-2/h22H,4-21H2,1-3H3. The van der Waals surface area contributed by atoms with Gasteiger partial charge in [-0.1, -0.05) is 104 Å². The Bertz CT molecular complexity index is 336. The lowest BCUT2D eigenvalue weighted by Gasteiger charge is -2.15. The van der Waals surface area contributed by atoms with Crippen LogP contribution in [0, 0.1) is 5.92 Å². The Hall–Kier alpha value is -1.06. The molecule has 0 saturated heterocycles. The lowest BCUT2D eigenvalue weighted by atomic mass is 10.0. The van der Waals surface area contributed by atoms with Gasteiger partial charge in [-0.05, 0) is 19.3 Å². The first kappa shape index (κ1) is 26.9. The Kier molecular flexibility index (Phi) is 19.9. The van der Waals surface area contributed by atoms with Crippen molar-refractivity contribution in [2.45, 2.75) is 124 Å². The summed E-state index contributed by atoms with van der Waals surface area (Å²) in [5, 5.41) is 0. The molecule has 0 fully saturated rings. The topological polar surface area (TPSA) is 52.6 Å². The molecule has 166 valence electrons. The Morgan fingerprint density at radius 2 is 0.893 bits per heavy atom. The summed E-state index contributed by atoms with van der Waals surface area (Å²) in [6.45, 7) is 7.23. The van der Waals surface area contributed by atoms with E-state index in [0.717, 1.165) is 32.1 Å². The van der Waals surface area contributed by atoms with Crippen LogP contribution in [0.2, 0.25) is 0 Å². The van der Waals surface area contributed by atoms with Crippen LogP contribution in [0.4, 0.5) is 0 Å². The molecule has 0 aromatic carbocycles. The summed E-state index contributed by atoms with van der Waals surface area (Å²) in [7, 11) is 0. The molecule has 0 atom stereocenters. The Labute approximate surface area is 174 Å². The van der Waals surface area contributed by atoms with E-state index < -0.39 is 17.9 Å². The van der Waals surface area contributed by atoms with Crippen molar-refractivity contribution in [2.75, 3.05) is 13.2 Å². The summed E-state index contributed by atoms with van der Waals surface area (Å²) in [5.41, 5.74) is 0. The van der Waals surface area contributed by atoms with Gasteiger partial charge in [-0.3, -0.25) is 9.59 Å². The van der Waals surface area contributed by atoms with Gasteiger partial charge in [-0.15, -0.1) is 0 Å². The highest BCUT2D eigenvalue weighted by Gasteiger charge is 2.28. The van der Waals surface area contributed by atoms with Crippen molar-refractivity contribution in [3.63, 3.8) is 0 Å². The summed E-state index contributed by atoms with van der Waals surface area (Å²) in [6.07, 6.45) is 17.8. The van der Waals surface area contributed by atoms with Crippen LogP contribution in [0.3, 0.4) is 0 Å². The van der Waals surface area contributed by atoms with Crippen LogP contribution in [0.1, 0.15) is 124 Å². The molecular weight excluding hydrogens is 352 g/mol. The lowest BCUT2D eigenvalue weighted by Crippen LogP contribution is -2.28. The van der Waals surface area contributed by atoms with Crippen molar-refractivity contribution in [1.29, 1.82) is 0 Å². The number of hydrogen-bond acceptors (Lipinski definition) is 4. The van der Waals surface area contributed by atoms with Gasteiger partial charge in [0.25, 0.3) is 0 Å². The van der Waals surface area contributed by atoms with Crippen LogP contribution >= 0.6 is 0 Å². The summed E-state index contributed by atoms with van der Waals surface area (Å²) < 4.78 is 10.7. The van der Waals surface area contributed by atoms with E-state index in [0.29, 0.717) is 19.6 Å². The molecule has 0 aliphatic heterocycles. The number of rotatable bonds is 20. The van der Waals surface area contributed by atoms with Gasteiger partial charge < -0.3 is 9.47 Å². The van der Waals surface area contributed by atoms with Gasteiger partial charge in [0.15, 0.2) is 5.92 Å². The van der Waals surface area contributed by atoms with Crippen LogP contribution in [-0.2, 0) is 19.1 Å². The van der Waals surface area contributed by atoms with E-state index in [4.69, 9.17) is 9.47 Å². The summed E-state index contributed by atoms with van der Waals surface area (Å²) in [5.74, 6) is -1.56. The van der Waals surface area contributed by atoms with Crippen molar-refractivity contribution in [1.82, 2.24) is 0 Å². The van der Waals surface area contributed by atoms with Crippen molar-refractivity contribution in [3.05, 3.63) is 0 Å². The quantitative estimate of drug-likeness (QED) is 0.126. The first-order valence-electron chi connectivity index (χ1n) is 12.0. The highest BCUT2D eigenvalue weighted by molar-refractivity contribution is 5.94. The zero-order valence-corrected chi connectivity index (χ0v) is 18.9. The normalized spacial score (nSPS) is 11.0. The molecule has 0 saturated carbocycles. The molecule has 28 heavy (non-hydrogen) atoms. The van der Waals surface area contributed by atoms with Crippen LogP contribution in [0.25, 0.3) is 0 Å². The number of esters is 2. The first-order chi connectivity index (χ1) is 13.7. The third kappa shape index (κ3) is 15.9. The molecule has 0 unspecified atom stereocenters. The van der Waals surface area contributed by atoms with E-state index in [-0.39, 0.29) is 0 Å². The molecule has 0 spiro atoms. The van der Waals surface area contributed by atoms with Gasteiger partial charge in [0.05, 0.1) is 13.2 Å². The number of ether oxygens (including phenoxy) is 2. The van der Waals surface area contributed by atoms with E-state index in [2.05, 4.69) is 13.8 Å². The minimum absolute atomic E-state index is 0.405. The molecule has 0 heterocycles. The van der Waals surface area contributed by atoms with E-state index in [1.54, 1.807) is 0 Å². The zero-order chi connectivity index (χ0) is 20.9. The van der Waals surface area contributed by atoms with Crippen LogP contribution in [-0.4, -0.2) is 25.2 Å². The molecule has 0 aromatic rings. The predicted molar refractivity (Wildman–Crippen MR) is 116 cm³/mol. The van der Waals surface area contributed by atoms with Gasteiger partial charge in [-0.25, -0.2) is 0 Å². The average molecular weight is 399 g/mol. The molecule has 0 N–H and O–H groups in total. The Morgan fingerprint density at radius 3 is 1.25 bits per heavy atom. The molecule has 0 aliphatic rings. The predicted octanol–water partition coefficient (Wildman–Crippen LogP) is 6.99. The molecule has 4 nitrogen and oxygen atoms in total. The molecule has 0 aliphatic carbocycles. The number of carbonyl (C=O) groups excluding carboxylic acids is 2. The lowest BCUT2D eigenvalue weighted by molar-refractivity contribution is -0.162. The SMILES string of the molecule is CCCCCCCCCOC(=O)C(CCC)C(=O)OCCCCCCCCC. The number of carbonyl (C=O) groups is 2. The van der Waals surface area contributed by atoms with Crippen LogP contribution in [0.5, 0.6) is 0 Å². The molecule has 0 aromatic heterocycles. The van der Waals surface area contributed by atoms with Crippen molar-refractivity contribution >= 4 is 11.9 Å². The molecule has 0 radical (unpaired) electrons. The first-order valence-corrected chi connectivity index (χ1v) is 12.0. The fourth-order valence-electron chi connectivity index (χ4n) is 3.29. The maximum atomic E-state index is 12.3. The second-order valence-corrected chi connectivity index (χ2v) is 7.92. The van der Waals surface area contributed by atoms with Gasteiger partial charge in [-0.2, -0.15) is 0 Å². The van der Waals surface area contributed by atoms with Crippen molar-refractivity contribution in [3.8, 4) is 0 Å². The second kappa shape index (κ2) is 20.7. The fourth-order valence-corrected chi connectivity index (χ4v) is 3.29. The van der Waals surface area contributed by atoms with Crippen LogP contribution in [0.15, 0.2) is 0 Å². The van der Waals surface area contributed by atoms with Crippen molar-refractivity contribution in [2.24, 2.45) is 5.92 Å². The van der Waals surface area contributed by atoms with Gasteiger partial charge in [0, 0.05) is 0 Å². The highest BCUT2D eigenvalue weighted by atomic mass is 16.6. The molecule has 0 bridgehead atoms. The van der Waals surface area contributed by atoms with E-state index in [1.165, 1.54) is 64.2 Å². The van der Waals surface area contributed by atoms with E-state index in [1.807, 2.05) is 6.92 Å². The zero-order valence-electron chi connectivity index (χ0n) is 18.9. The Balaban J connectivity index is 3.87. The van der Waals surface area contributed by atoms with Gasteiger partial charge in [0.2, 0.25) is 0 Å². The highest BCUT2D eigenvalue weighted by Crippen LogP contribution is 2.14. The maximum absolute atomic E-state index is 12.3. The summed E-state index contributed by atoms with van der Waals surface area (Å²) in [4.78, 5) is 24.5. The summed E-state index contributed by atoms with van der Waals surface area (Å²) >= 11 is 0. The van der Waals surface area contributed by atoms with Crippen molar-refractivity contribution < 1.29 is 19.1 Å². The average Bonchev–Trinajstić information content (AvgIpc) is 2.69. The van der Waals surface area contributed by atoms with Gasteiger partial charge in [0.1, 0.15) is 0 Å². The molecule has 4 heteroatoms. The third-order valence-electron chi connectivity index (χ3n) is 5.13. The van der Waals surface area contributed by atoms with Crippen LogP contribution < -0.4 is 0 Å². The van der Waals surface area contributed by atoms with Gasteiger partial charge >= 0.3 is 11.9 Å². The molecule has 0 rings (SSSR count). The third-order valence-corrected chi connectivity index (χ3v) is 5.13. The summed E-state index contributed by atoms with van der Waals surface area (Å²) in [6, 6.07) is 0. The molecule has 0 amide bonds. The maximum Gasteiger partial charge on any atom is 0.320 e. The monoisotopic (exact) mass is 398 g/mol. The molecular formula is C24H46O4. The largest absolute Gasteiger partial charge is 0.465 e. The minimum atomic E-state index is -0.751. The minimum Gasteiger partial charge on any atom is -0.465 e. The fraction of sp³-hybridized carbons (Fsp3) is 0.917. The second-order valence-electron chi connectivity index (χ2n) is 7.92. The van der Waals surface area contributed by atoms with E-state index in [9.17, 15) is 9.59 Å². The number of hydrogen-bond donors (Lipinski definition) is 0.